The first-order valence-corrected chi connectivity index (χ1v) is 7.53. The Kier molecular flexibility index (Phi) is 3.30. The van der Waals surface area contributed by atoms with Crippen molar-refractivity contribution in [3.63, 3.8) is 0 Å². The van der Waals surface area contributed by atoms with E-state index in [0.29, 0.717) is 18.4 Å². The highest BCUT2D eigenvalue weighted by atomic mass is 16.5. The van der Waals surface area contributed by atoms with Crippen LogP contribution in [0.25, 0.3) is 5.57 Å². The van der Waals surface area contributed by atoms with Gasteiger partial charge in [-0.3, -0.25) is 4.79 Å². The lowest BCUT2D eigenvalue weighted by molar-refractivity contribution is -0.189. The van der Waals surface area contributed by atoms with Crippen LogP contribution in [0.2, 0.25) is 0 Å². The summed E-state index contributed by atoms with van der Waals surface area (Å²) in [6.45, 7) is 3.89. The molecule has 5 heteroatoms. The SMILES string of the molecule is Cc1ccc(C2=C(O)C3(CCC(O)(O)CC3)NC2=O)c(C)c1. The van der Waals surface area contributed by atoms with E-state index < -0.39 is 11.3 Å². The predicted molar refractivity (Wildman–Crippen MR) is 82.0 cm³/mol. The molecule has 1 saturated carbocycles. The smallest absolute Gasteiger partial charge is 0.256 e. The molecule has 4 N–H and O–H groups in total. The maximum atomic E-state index is 12.4. The minimum absolute atomic E-state index is 0.0277. The summed E-state index contributed by atoms with van der Waals surface area (Å²) >= 11 is 0. The summed E-state index contributed by atoms with van der Waals surface area (Å²) in [4.78, 5) is 12.4. The van der Waals surface area contributed by atoms with Crippen molar-refractivity contribution in [1.29, 1.82) is 0 Å². The predicted octanol–water partition coefficient (Wildman–Crippen LogP) is 1.70. The van der Waals surface area contributed by atoms with Gasteiger partial charge in [0.1, 0.15) is 5.76 Å². The van der Waals surface area contributed by atoms with Gasteiger partial charge in [-0.1, -0.05) is 23.8 Å². The Labute approximate surface area is 129 Å². The van der Waals surface area contributed by atoms with Crippen LogP contribution >= 0.6 is 0 Å². The molecule has 1 fully saturated rings. The normalized spacial score (nSPS) is 23.0. The zero-order valence-electron chi connectivity index (χ0n) is 12.8. The Bertz CT molecular complexity index is 665. The zero-order chi connectivity index (χ0) is 16.1. The van der Waals surface area contributed by atoms with E-state index in [2.05, 4.69) is 5.32 Å². The van der Waals surface area contributed by atoms with Gasteiger partial charge in [0.25, 0.3) is 5.91 Å². The maximum absolute atomic E-state index is 12.4. The second kappa shape index (κ2) is 4.83. The first-order chi connectivity index (χ1) is 10.2. The minimum Gasteiger partial charge on any atom is -0.509 e. The Morgan fingerprint density at radius 1 is 1.09 bits per heavy atom. The van der Waals surface area contributed by atoms with Crippen molar-refractivity contribution in [2.24, 2.45) is 0 Å². The molecule has 0 atom stereocenters. The van der Waals surface area contributed by atoms with Gasteiger partial charge < -0.3 is 20.6 Å². The van der Waals surface area contributed by atoms with Gasteiger partial charge in [-0.25, -0.2) is 0 Å². The van der Waals surface area contributed by atoms with Crippen molar-refractivity contribution in [3.8, 4) is 0 Å². The number of carbonyl (C=O) groups is 1. The topological polar surface area (TPSA) is 89.8 Å². The number of aliphatic hydroxyl groups excluding tert-OH is 1. The average Bonchev–Trinajstić information content (AvgIpc) is 2.67. The van der Waals surface area contributed by atoms with Crippen LogP contribution in [0, 0.1) is 13.8 Å². The average molecular weight is 303 g/mol. The van der Waals surface area contributed by atoms with Crippen molar-refractivity contribution in [3.05, 3.63) is 40.6 Å². The van der Waals surface area contributed by atoms with Crippen LogP contribution in [0.4, 0.5) is 0 Å². The van der Waals surface area contributed by atoms with Gasteiger partial charge >= 0.3 is 0 Å². The van der Waals surface area contributed by atoms with E-state index in [9.17, 15) is 20.1 Å². The standard InChI is InChI=1S/C17H21NO4/c1-10-3-4-12(11(2)9-10)13-14(19)16(18-15(13)20)5-7-17(21,22)8-6-16/h3-4,9,19,21-22H,5-8H2,1-2H3,(H,18,20). The molecule has 22 heavy (non-hydrogen) atoms. The quantitative estimate of drug-likeness (QED) is 0.594. The van der Waals surface area contributed by atoms with Crippen LogP contribution in [0.1, 0.15) is 42.4 Å². The number of hydrogen-bond donors (Lipinski definition) is 4. The van der Waals surface area contributed by atoms with Crippen molar-refractivity contribution in [2.75, 3.05) is 0 Å². The Morgan fingerprint density at radius 3 is 2.32 bits per heavy atom. The van der Waals surface area contributed by atoms with E-state index in [1.54, 1.807) is 0 Å². The third-order valence-electron chi connectivity index (χ3n) is 4.83. The Hall–Kier alpha value is -1.85. The van der Waals surface area contributed by atoms with Crippen molar-refractivity contribution >= 4 is 11.5 Å². The zero-order valence-corrected chi connectivity index (χ0v) is 12.8. The number of benzene rings is 1. The molecule has 1 heterocycles. The Morgan fingerprint density at radius 2 is 1.73 bits per heavy atom. The lowest BCUT2D eigenvalue weighted by atomic mass is 9.77. The second-order valence-corrected chi connectivity index (χ2v) is 6.56. The molecule has 0 saturated heterocycles. The molecular formula is C17H21NO4. The summed E-state index contributed by atoms with van der Waals surface area (Å²) in [5.74, 6) is -1.98. The highest BCUT2D eigenvalue weighted by molar-refractivity contribution is 6.23. The van der Waals surface area contributed by atoms with Crippen LogP contribution in [0.15, 0.2) is 24.0 Å². The van der Waals surface area contributed by atoms with Gasteiger partial charge in [0.05, 0.1) is 11.1 Å². The third-order valence-corrected chi connectivity index (χ3v) is 4.83. The highest BCUT2D eigenvalue weighted by Crippen LogP contribution is 2.43. The fraction of sp³-hybridized carbons (Fsp3) is 0.471. The van der Waals surface area contributed by atoms with Gasteiger partial charge in [-0.15, -0.1) is 0 Å². The summed E-state index contributed by atoms with van der Waals surface area (Å²) in [6, 6.07) is 5.73. The molecule has 1 amide bonds. The third kappa shape index (κ3) is 2.30. The molecule has 1 aliphatic heterocycles. The van der Waals surface area contributed by atoms with Gasteiger partial charge in [-0.05, 0) is 37.8 Å². The highest BCUT2D eigenvalue weighted by Gasteiger charge is 2.50. The van der Waals surface area contributed by atoms with Crippen LogP contribution in [0.5, 0.6) is 0 Å². The summed E-state index contributed by atoms with van der Waals surface area (Å²) in [7, 11) is 0. The molecule has 5 nitrogen and oxygen atoms in total. The molecule has 1 aromatic rings. The number of amides is 1. The maximum Gasteiger partial charge on any atom is 0.256 e. The number of carbonyl (C=O) groups excluding carboxylic acids is 1. The largest absolute Gasteiger partial charge is 0.509 e. The number of hydrogen-bond acceptors (Lipinski definition) is 4. The van der Waals surface area contributed by atoms with Crippen LogP contribution in [-0.2, 0) is 4.79 Å². The van der Waals surface area contributed by atoms with Gasteiger partial charge in [0.2, 0.25) is 0 Å². The van der Waals surface area contributed by atoms with E-state index >= 15 is 0 Å². The second-order valence-electron chi connectivity index (χ2n) is 6.56. The molecule has 0 bridgehead atoms. The van der Waals surface area contributed by atoms with E-state index in [-0.39, 0.29) is 24.5 Å². The summed E-state index contributed by atoms with van der Waals surface area (Å²) in [5.41, 5.74) is 2.20. The van der Waals surface area contributed by atoms with E-state index in [1.807, 2.05) is 32.0 Å². The fourth-order valence-electron chi connectivity index (χ4n) is 3.47. The van der Waals surface area contributed by atoms with E-state index in [1.165, 1.54) is 0 Å². The van der Waals surface area contributed by atoms with E-state index in [0.717, 1.165) is 16.7 Å². The van der Waals surface area contributed by atoms with Crippen LogP contribution < -0.4 is 5.32 Å². The molecular weight excluding hydrogens is 282 g/mol. The van der Waals surface area contributed by atoms with Gasteiger partial charge in [-0.2, -0.15) is 0 Å². The minimum atomic E-state index is -1.71. The first kappa shape index (κ1) is 15.1. The molecule has 1 aromatic carbocycles. The van der Waals surface area contributed by atoms with Crippen molar-refractivity contribution < 1.29 is 20.1 Å². The fourth-order valence-corrected chi connectivity index (χ4v) is 3.47. The number of aliphatic hydroxyl groups is 3. The lowest BCUT2D eigenvalue weighted by Crippen LogP contribution is -2.51. The molecule has 2 aliphatic rings. The Balaban J connectivity index is 2.02. The van der Waals surface area contributed by atoms with Gasteiger partial charge in [0.15, 0.2) is 5.79 Å². The first-order valence-electron chi connectivity index (χ1n) is 7.53. The number of aryl methyl sites for hydroxylation is 2. The summed E-state index contributed by atoms with van der Waals surface area (Å²) < 4.78 is 0. The molecule has 0 unspecified atom stereocenters. The molecule has 3 rings (SSSR count). The molecule has 0 aromatic heterocycles. The summed E-state index contributed by atoms with van der Waals surface area (Å²) in [6.07, 6.45) is 0.868. The molecule has 1 spiro atoms. The molecule has 1 aliphatic carbocycles. The lowest BCUT2D eigenvalue weighted by Gasteiger charge is -2.39. The number of nitrogens with one attached hydrogen (secondary N) is 1. The summed E-state index contributed by atoms with van der Waals surface area (Å²) in [5, 5.41) is 32.9. The van der Waals surface area contributed by atoms with E-state index in [4.69, 9.17) is 0 Å². The molecule has 0 radical (unpaired) electrons. The number of rotatable bonds is 1. The van der Waals surface area contributed by atoms with Crippen LogP contribution in [-0.4, -0.2) is 32.6 Å². The monoisotopic (exact) mass is 303 g/mol. The molecule has 118 valence electrons. The van der Waals surface area contributed by atoms with Crippen molar-refractivity contribution in [1.82, 2.24) is 5.32 Å². The van der Waals surface area contributed by atoms with Crippen molar-refractivity contribution in [2.45, 2.75) is 50.9 Å². The van der Waals surface area contributed by atoms with Crippen LogP contribution in [0.3, 0.4) is 0 Å². The van der Waals surface area contributed by atoms with Gasteiger partial charge in [0, 0.05) is 12.8 Å².